The van der Waals surface area contributed by atoms with Crippen molar-refractivity contribution in [3.8, 4) is 11.5 Å². The number of rotatable bonds is 16. The van der Waals surface area contributed by atoms with Crippen molar-refractivity contribution in [3.63, 3.8) is 0 Å². The molecule has 13 heteroatoms. The van der Waals surface area contributed by atoms with Crippen molar-refractivity contribution in [3.05, 3.63) is 23.8 Å². The Balaban J connectivity index is 1.85. The van der Waals surface area contributed by atoms with E-state index in [1.807, 2.05) is 34.6 Å². The molecule has 1 aliphatic carbocycles. The maximum Gasteiger partial charge on any atom is 0.410 e. The minimum atomic E-state index is -1.23. The van der Waals surface area contributed by atoms with E-state index < -0.39 is 29.2 Å². The zero-order valence-electron chi connectivity index (χ0n) is 30.1. The number of hydrogen-bond acceptors (Lipinski definition) is 9. The fourth-order valence-corrected chi connectivity index (χ4v) is 5.48. The van der Waals surface area contributed by atoms with Gasteiger partial charge in [0, 0.05) is 75.8 Å². The average molecular weight is 678 g/mol. The molecule has 2 atom stereocenters. The number of methoxy groups -OCH3 is 2. The molecule has 1 saturated heterocycles. The van der Waals surface area contributed by atoms with Crippen LogP contribution in [0.3, 0.4) is 0 Å². The molecule has 3 amide bonds. The van der Waals surface area contributed by atoms with Gasteiger partial charge in [0.2, 0.25) is 0 Å². The summed E-state index contributed by atoms with van der Waals surface area (Å²) in [6.07, 6.45) is 1.28. The number of carboxylic acids is 1. The normalized spacial score (nSPS) is 18.0. The van der Waals surface area contributed by atoms with Gasteiger partial charge in [-0.25, -0.2) is 9.59 Å². The van der Waals surface area contributed by atoms with Crippen LogP contribution in [-0.4, -0.2) is 122 Å². The Morgan fingerprint density at radius 1 is 0.958 bits per heavy atom. The summed E-state index contributed by atoms with van der Waals surface area (Å²) < 4.78 is 27.7. The van der Waals surface area contributed by atoms with Gasteiger partial charge in [0.25, 0.3) is 5.91 Å². The molecule has 1 saturated carbocycles. The fraction of sp³-hybridized carbons (Fsp3) is 0.714. The molecule has 1 aromatic rings. The molecule has 0 spiro atoms. The number of carbonyl (C=O) groups excluding carboxylic acids is 3. The molecule has 13 nitrogen and oxygen atoms in total. The lowest BCUT2D eigenvalue weighted by atomic mass is 9.94. The Bertz CT molecular complexity index is 1270. The number of amides is 3. The van der Waals surface area contributed by atoms with E-state index in [1.165, 1.54) is 13.8 Å². The van der Waals surface area contributed by atoms with Crippen LogP contribution in [0.5, 0.6) is 11.5 Å². The van der Waals surface area contributed by atoms with Crippen molar-refractivity contribution in [1.82, 2.24) is 14.7 Å². The van der Waals surface area contributed by atoms with Crippen molar-refractivity contribution in [2.75, 3.05) is 60.2 Å². The third-order valence-corrected chi connectivity index (χ3v) is 8.49. The van der Waals surface area contributed by atoms with Crippen molar-refractivity contribution in [1.29, 1.82) is 0 Å². The highest BCUT2D eigenvalue weighted by molar-refractivity contribution is 5.95. The van der Waals surface area contributed by atoms with Crippen LogP contribution < -0.4 is 9.47 Å². The Kier molecular flexibility index (Phi) is 13.4. The van der Waals surface area contributed by atoms with Gasteiger partial charge in [0.1, 0.15) is 12.2 Å². The van der Waals surface area contributed by atoms with E-state index in [4.69, 9.17) is 23.7 Å². The van der Waals surface area contributed by atoms with Crippen LogP contribution in [0.15, 0.2) is 18.2 Å². The number of hydrogen-bond donors (Lipinski definition) is 1. The summed E-state index contributed by atoms with van der Waals surface area (Å²) in [6.45, 7) is 14.3. The molecule has 2 aliphatic rings. The quantitative estimate of drug-likeness (QED) is 0.233. The molecular formula is C35H55N3O10. The summed E-state index contributed by atoms with van der Waals surface area (Å²) in [5, 5.41) is 9.49. The fourth-order valence-electron chi connectivity index (χ4n) is 5.48. The summed E-state index contributed by atoms with van der Waals surface area (Å²) in [6, 6.07) is 4.91. The second kappa shape index (κ2) is 16.6. The van der Waals surface area contributed by atoms with Gasteiger partial charge >= 0.3 is 18.2 Å². The molecular weight excluding hydrogens is 622 g/mol. The van der Waals surface area contributed by atoms with E-state index in [0.717, 1.165) is 12.8 Å². The zero-order chi connectivity index (χ0) is 35.8. The monoisotopic (exact) mass is 677 g/mol. The van der Waals surface area contributed by atoms with Gasteiger partial charge in [0.15, 0.2) is 11.5 Å². The Hall–Kier alpha value is -3.74. The summed E-state index contributed by atoms with van der Waals surface area (Å²) in [5.41, 5.74) is -1.49. The molecule has 0 radical (unpaired) electrons. The highest BCUT2D eigenvalue weighted by Crippen LogP contribution is 2.34. The van der Waals surface area contributed by atoms with Crippen LogP contribution >= 0.6 is 0 Å². The van der Waals surface area contributed by atoms with E-state index >= 15 is 0 Å². The van der Waals surface area contributed by atoms with Crippen LogP contribution in [0.1, 0.15) is 78.1 Å². The van der Waals surface area contributed by atoms with Crippen LogP contribution in [0, 0.1) is 17.3 Å². The van der Waals surface area contributed by atoms with Crippen LogP contribution in [0.2, 0.25) is 0 Å². The lowest BCUT2D eigenvalue weighted by Crippen LogP contribution is -2.45. The van der Waals surface area contributed by atoms with E-state index in [0.29, 0.717) is 62.9 Å². The maximum atomic E-state index is 14.1. The van der Waals surface area contributed by atoms with E-state index in [2.05, 4.69) is 0 Å². The van der Waals surface area contributed by atoms with Gasteiger partial charge in [-0.05, 0) is 79.5 Å². The number of aliphatic carboxylic acids is 1. The first kappa shape index (κ1) is 38.7. The highest BCUT2D eigenvalue weighted by Gasteiger charge is 2.44. The number of ether oxygens (including phenoxy) is 5. The lowest BCUT2D eigenvalue weighted by molar-refractivity contribution is -0.149. The number of nitrogens with zero attached hydrogens (tertiary/aromatic N) is 3. The third-order valence-electron chi connectivity index (χ3n) is 8.49. The minimum absolute atomic E-state index is 0.0221. The van der Waals surface area contributed by atoms with Crippen molar-refractivity contribution < 1.29 is 48.0 Å². The van der Waals surface area contributed by atoms with Crippen molar-refractivity contribution in [2.45, 2.75) is 85.4 Å². The SMILES string of the molecule is COCCCOc1cc(C(=O)N(C[C@@H]2CN(C(=O)OC(C)(C)C)C[C@H]2CN(C(=O)OCC(C)(C)C(=O)O)C2CC2)C(C)C)ccc1OC. The third kappa shape index (κ3) is 10.9. The lowest BCUT2D eigenvalue weighted by Gasteiger charge is -2.33. The first-order valence-corrected chi connectivity index (χ1v) is 16.7. The maximum absolute atomic E-state index is 14.1. The van der Waals surface area contributed by atoms with Gasteiger partial charge in [-0.3, -0.25) is 9.59 Å². The van der Waals surface area contributed by atoms with Crippen LogP contribution in [0.25, 0.3) is 0 Å². The van der Waals surface area contributed by atoms with Gasteiger partial charge in [-0.15, -0.1) is 0 Å². The Morgan fingerprint density at radius 3 is 2.15 bits per heavy atom. The summed E-state index contributed by atoms with van der Waals surface area (Å²) in [5.74, 6) is -0.653. The molecule has 0 unspecified atom stereocenters. The van der Waals surface area contributed by atoms with E-state index in [-0.39, 0.29) is 36.4 Å². The predicted octanol–water partition coefficient (Wildman–Crippen LogP) is 5.16. The smallest absolute Gasteiger partial charge is 0.410 e. The van der Waals surface area contributed by atoms with E-state index in [1.54, 1.807) is 47.1 Å². The summed E-state index contributed by atoms with van der Waals surface area (Å²) >= 11 is 0. The van der Waals surface area contributed by atoms with Crippen LogP contribution in [0.4, 0.5) is 9.59 Å². The highest BCUT2D eigenvalue weighted by atomic mass is 16.6. The number of carbonyl (C=O) groups is 4. The van der Waals surface area contributed by atoms with Crippen LogP contribution in [-0.2, 0) is 19.0 Å². The number of likely N-dealkylation sites (tertiary alicyclic amines) is 1. The molecule has 3 rings (SSSR count). The Labute approximate surface area is 284 Å². The van der Waals surface area contributed by atoms with Crippen molar-refractivity contribution >= 4 is 24.1 Å². The average Bonchev–Trinajstić information content (AvgIpc) is 3.77. The molecule has 1 N–H and O–H groups in total. The standard InChI is InChI=1S/C35H55N3O10/c1-23(2)37(30(39)24-11-14-28(45-9)29(17-24)46-16-10-15-44-8)20-25-18-36(32(42)48-34(3,4)5)19-26(25)21-38(27-12-13-27)33(43)47-22-35(6,7)31(40)41/h11,14,17,23,25-27H,10,12-13,15-16,18-22H2,1-9H3,(H,40,41)/t25-,26-/m0/s1. The van der Waals surface area contributed by atoms with Gasteiger partial charge in [0.05, 0.1) is 19.1 Å². The predicted molar refractivity (Wildman–Crippen MR) is 178 cm³/mol. The molecule has 1 heterocycles. The van der Waals surface area contributed by atoms with Crippen molar-refractivity contribution in [2.24, 2.45) is 17.3 Å². The Morgan fingerprint density at radius 2 is 1.60 bits per heavy atom. The second-order valence-corrected chi connectivity index (χ2v) is 14.6. The molecule has 1 aliphatic heterocycles. The van der Waals surface area contributed by atoms with E-state index in [9.17, 15) is 24.3 Å². The molecule has 0 aromatic heterocycles. The van der Waals surface area contributed by atoms with Gasteiger partial charge in [-0.2, -0.15) is 0 Å². The summed E-state index contributed by atoms with van der Waals surface area (Å²) in [7, 11) is 3.17. The molecule has 270 valence electrons. The van der Waals surface area contributed by atoms with Gasteiger partial charge in [-0.1, -0.05) is 0 Å². The molecule has 1 aromatic carbocycles. The molecule has 2 fully saturated rings. The largest absolute Gasteiger partial charge is 0.493 e. The minimum Gasteiger partial charge on any atom is -0.493 e. The molecule has 0 bridgehead atoms. The first-order valence-electron chi connectivity index (χ1n) is 16.7. The first-order chi connectivity index (χ1) is 22.5. The van der Waals surface area contributed by atoms with Gasteiger partial charge < -0.3 is 43.5 Å². The topological polar surface area (TPSA) is 144 Å². The molecule has 48 heavy (non-hydrogen) atoms. The zero-order valence-corrected chi connectivity index (χ0v) is 30.1. The second-order valence-electron chi connectivity index (χ2n) is 14.6. The number of benzene rings is 1. The summed E-state index contributed by atoms with van der Waals surface area (Å²) in [4.78, 5) is 57.3. The number of carboxylic acid groups (broad SMARTS) is 1.